The summed E-state index contributed by atoms with van der Waals surface area (Å²) < 4.78 is 0. The van der Waals surface area contributed by atoms with E-state index in [4.69, 9.17) is 0 Å². The molecule has 0 aromatic heterocycles. The average molecular weight is 290 g/mol. The zero-order chi connectivity index (χ0) is 15.9. The second kappa shape index (κ2) is 5.57. The van der Waals surface area contributed by atoms with E-state index in [1.165, 1.54) is 31.3 Å². The van der Waals surface area contributed by atoms with E-state index >= 15 is 0 Å². The number of hydrogen-bond donors (Lipinski definition) is 1. The van der Waals surface area contributed by atoms with E-state index in [2.05, 4.69) is 47.3 Å². The first-order chi connectivity index (χ1) is 9.63. The largest absolute Gasteiger partial charge is 0.390 e. The van der Waals surface area contributed by atoms with Crippen molar-refractivity contribution in [3.05, 3.63) is 24.3 Å². The molecule has 2 saturated carbocycles. The van der Waals surface area contributed by atoms with Crippen LogP contribution in [0.2, 0.25) is 0 Å². The molecule has 1 unspecified atom stereocenters. The third-order valence-corrected chi connectivity index (χ3v) is 6.76. The van der Waals surface area contributed by atoms with Crippen molar-refractivity contribution in [2.24, 2.45) is 22.7 Å². The molecule has 0 heterocycles. The summed E-state index contributed by atoms with van der Waals surface area (Å²) in [5.41, 5.74) is 1.38. The maximum Gasteiger partial charge on any atom is 0.0656 e. The number of rotatable bonds is 3. The molecule has 4 atom stereocenters. The van der Waals surface area contributed by atoms with Crippen molar-refractivity contribution in [2.45, 2.75) is 78.7 Å². The van der Waals surface area contributed by atoms with Crippen LogP contribution >= 0.6 is 0 Å². The van der Waals surface area contributed by atoms with Gasteiger partial charge in [-0.2, -0.15) is 0 Å². The molecule has 1 N–H and O–H groups in total. The molecule has 0 aromatic carbocycles. The van der Waals surface area contributed by atoms with Crippen molar-refractivity contribution in [3.63, 3.8) is 0 Å². The molecule has 21 heavy (non-hydrogen) atoms. The predicted octanol–water partition coefficient (Wildman–Crippen LogP) is 5.50. The highest BCUT2D eigenvalue weighted by atomic mass is 16.3. The molecule has 0 amide bonds. The van der Waals surface area contributed by atoms with E-state index in [9.17, 15) is 5.11 Å². The third kappa shape index (κ3) is 2.99. The van der Waals surface area contributed by atoms with Crippen LogP contribution in [0.1, 0.15) is 73.1 Å². The summed E-state index contributed by atoms with van der Waals surface area (Å²) in [7, 11) is 0. The Kier molecular flexibility index (Phi) is 4.46. The fraction of sp³-hybridized carbons (Fsp3) is 0.800. The predicted molar refractivity (Wildman–Crippen MR) is 91.1 cm³/mol. The smallest absolute Gasteiger partial charge is 0.0656 e. The van der Waals surface area contributed by atoms with Crippen molar-refractivity contribution in [1.82, 2.24) is 0 Å². The lowest BCUT2D eigenvalue weighted by Gasteiger charge is -2.61. The maximum absolute atomic E-state index is 11.0. The molecule has 2 aliphatic carbocycles. The van der Waals surface area contributed by atoms with Gasteiger partial charge in [0.15, 0.2) is 0 Å². The van der Waals surface area contributed by atoms with Gasteiger partial charge in [-0.25, -0.2) is 0 Å². The molecule has 0 aliphatic heterocycles. The molecule has 0 aromatic rings. The van der Waals surface area contributed by atoms with E-state index in [1.807, 2.05) is 6.08 Å². The first-order valence-corrected chi connectivity index (χ1v) is 8.65. The van der Waals surface area contributed by atoms with Crippen LogP contribution < -0.4 is 0 Å². The van der Waals surface area contributed by atoms with Gasteiger partial charge in [0.2, 0.25) is 0 Å². The summed E-state index contributed by atoms with van der Waals surface area (Å²) in [4.78, 5) is 0. The topological polar surface area (TPSA) is 20.2 Å². The number of hydrogen-bond acceptors (Lipinski definition) is 1. The van der Waals surface area contributed by atoms with Crippen LogP contribution in [0.5, 0.6) is 0 Å². The molecule has 2 aliphatic rings. The van der Waals surface area contributed by atoms with Gasteiger partial charge in [0.1, 0.15) is 0 Å². The van der Waals surface area contributed by atoms with E-state index in [0.29, 0.717) is 11.3 Å². The lowest BCUT2D eigenvalue weighted by atomic mass is 9.45. The zero-order valence-corrected chi connectivity index (χ0v) is 14.7. The van der Waals surface area contributed by atoms with Crippen LogP contribution in [0.15, 0.2) is 24.3 Å². The van der Waals surface area contributed by atoms with Crippen LogP contribution in [0, 0.1) is 22.7 Å². The molecule has 2 fully saturated rings. The number of fused-ring (bicyclic) bond motifs is 1. The summed E-state index contributed by atoms with van der Waals surface area (Å²) in [6, 6.07) is 0. The molecule has 1 nitrogen and oxygen atoms in total. The quantitative estimate of drug-likeness (QED) is 0.680. The second-order valence-electron chi connectivity index (χ2n) is 8.74. The van der Waals surface area contributed by atoms with Gasteiger partial charge >= 0.3 is 0 Å². The Morgan fingerprint density at radius 2 is 1.86 bits per heavy atom. The maximum atomic E-state index is 11.0. The van der Waals surface area contributed by atoms with E-state index in [-0.39, 0.29) is 5.41 Å². The van der Waals surface area contributed by atoms with Gasteiger partial charge in [-0.1, -0.05) is 51.5 Å². The van der Waals surface area contributed by atoms with Crippen LogP contribution in [0.4, 0.5) is 0 Å². The van der Waals surface area contributed by atoms with Gasteiger partial charge in [0, 0.05) is 0 Å². The van der Waals surface area contributed by atoms with Crippen molar-refractivity contribution >= 4 is 0 Å². The summed E-state index contributed by atoms with van der Waals surface area (Å²) in [5.74, 6) is 1.10. The van der Waals surface area contributed by atoms with Crippen LogP contribution in [0.25, 0.3) is 0 Å². The molecule has 1 heteroatoms. The van der Waals surface area contributed by atoms with Gasteiger partial charge in [-0.3, -0.25) is 0 Å². The van der Waals surface area contributed by atoms with Gasteiger partial charge in [0.05, 0.1) is 5.60 Å². The minimum atomic E-state index is -0.531. The molecule has 0 radical (unpaired) electrons. The third-order valence-electron chi connectivity index (χ3n) is 6.76. The van der Waals surface area contributed by atoms with Crippen molar-refractivity contribution in [1.29, 1.82) is 0 Å². The zero-order valence-electron chi connectivity index (χ0n) is 14.7. The summed E-state index contributed by atoms with van der Waals surface area (Å²) in [5, 5.41) is 11.0. The Labute approximate surface area is 131 Å². The Hall–Kier alpha value is -0.560. The highest BCUT2D eigenvalue weighted by Crippen LogP contribution is 2.62. The lowest BCUT2D eigenvalue weighted by molar-refractivity contribution is -0.165. The minimum absolute atomic E-state index is 0.265. The Morgan fingerprint density at radius 1 is 1.19 bits per heavy atom. The Bertz CT molecular complexity index is 429. The molecule has 0 saturated heterocycles. The van der Waals surface area contributed by atoms with Crippen molar-refractivity contribution < 1.29 is 5.11 Å². The SMILES string of the molecule is C=C/C(C)=C/CC1[C@](C)(O)CC[C@H]2C(C)(C)CCC[C@]12C. The molecule has 120 valence electrons. The molecule has 0 bridgehead atoms. The van der Waals surface area contributed by atoms with E-state index in [0.717, 1.165) is 18.8 Å². The molecule has 2 rings (SSSR count). The van der Waals surface area contributed by atoms with Crippen LogP contribution in [0.3, 0.4) is 0 Å². The van der Waals surface area contributed by atoms with Gasteiger partial charge in [-0.05, 0) is 68.6 Å². The first-order valence-electron chi connectivity index (χ1n) is 8.65. The lowest BCUT2D eigenvalue weighted by Crippen LogP contribution is -2.57. The molecular weight excluding hydrogens is 256 g/mol. The van der Waals surface area contributed by atoms with Crippen LogP contribution in [-0.4, -0.2) is 10.7 Å². The van der Waals surface area contributed by atoms with Crippen molar-refractivity contribution in [2.75, 3.05) is 0 Å². The summed E-state index contributed by atoms with van der Waals surface area (Å²) in [6.07, 6.45) is 11.2. The van der Waals surface area contributed by atoms with E-state index in [1.54, 1.807) is 0 Å². The van der Waals surface area contributed by atoms with Crippen molar-refractivity contribution in [3.8, 4) is 0 Å². The standard InChI is InChI=1S/C20H34O/c1-7-15(2)9-10-17-19(5)13-8-12-18(3,4)16(19)11-14-20(17,6)21/h7,9,16-17,21H,1,8,10-14H2,2-6H3/b15-9+/t16-,17?,19-,20+/m0/s1. The molecular formula is C20H34O. The monoisotopic (exact) mass is 290 g/mol. The Morgan fingerprint density at radius 3 is 2.48 bits per heavy atom. The Balaban J connectivity index is 2.35. The summed E-state index contributed by atoms with van der Waals surface area (Å²) in [6.45, 7) is 15.4. The number of allylic oxidation sites excluding steroid dienone is 3. The first kappa shape index (κ1) is 16.8. The van der Waals surface area contributed by atoms with Gasteiger partial charge in [-0.15, -0.1) is 0 Å². The fourth-order valence-electron chi connectivity index (χ4n) is 5.53. The number of aliphatic hydroxyl groups is 1. The minimum Gasteiger partial charge on any atom is -0.390 e. The van der Waals surface area contributed by atoms with E-state index < -0.39 is 5.60 Å². The van der Waals surface area contributed by atoms with Gasteiger partial charge < -0.3 is 5.11 Å². The average Bonchev–Trinajstić information content (AvgIpc) is 2.35. The van der Waals surface area contributed by atoms with Gasteiger partial charge in [0.25, 0.3) is 0 Å². The fourth-order valence-corrected chi connectivity index (χ4v) is 5.53. The highest BCUT2D eigenvalue weighted by molar-refractivity contribution is 5.15. The molecule has 0 spiro atoms. The van der Waals surface area contributed by atoms with Crippen LogP contribution in [-0.2, 0) is 0 Å². The summed E-state index contributed by atoms with van der Waals surface area (Å²) >= 11 is 0. The highest BCUT2D eigenvalue weighted by Gasteiger charge is 2.57. The second-order valence-corrected chi connectivity index (χ2v) is 8.74. The normalized spacial score (nSPS) is 43.2.